The molecule has 0 unspecified atom stereocenters. The van der Waals surface area contributed by atoms with Crippen LogP contribution in [0.3, 0.4) is 0 Å². The Labute approximate surface area is 310 Å². The van der Waals surface area contributed by atoms with Gasteiger partial charge in [-0.05, 0) is 98.5 Å². The minimum atomic E-state index is -0.201. The third-order valence-corrected chi connectivity index (χ3v) is 10.3. The summed E-state index contributed by atoms with van der Waals surface area (Å²) in [6.45, 7) is 8.22. The third kappa shape index (κ3) is 7.37. The van der Waals surface area contributed by atoms with Gasteiger partial charge in [0.1, 0.15) is 5.69 Å². The first-order valence-electron chi connectivity index (χ1n) is 18.5. The molecule has 0 spiro atoms. The molecule has 3 heterocycles. The lowest BCUT2D eigenvalue weighted by molar-refractivity contribution is -0.119. The van der Waals surface area contributed by atoms with Crippen LogP contribution in [0.1, 0.15) is 92.6 Å². The highest BCUT2D eigenvalue weighted by Gasteiger charge is 2.34. The van der Waals surface area contributed by atoms with E-state index in [1.54, 1.807) is 4.68 Å². The second-order valence-electron chi connectivity index (χ2n) is 13.9. The van der Waals surface area contributed by atoms with Crippen LogP contribution in [-0.4, -0.2) is 44.8 Å². The van der Waals surface area contributed by atoms with Crippen LogP contribution in [0.4, 0.5) is 22.7 Å². The van der Waals surface area contributed by atoms with E-state index in [4.69, 9.17) is 0 Å². The zero-order valence-electron chi connectivity index (χ0n) is 30.6. The maximum absolute atomic E-state index is 13.0. The summed E-state index contributed by atoms with van der Waals surface area (Å²) in [5.41, 5.74) is 8.03. The number of amides is 3. The van der Waals surface area contributed by atoms with Gasteiger partial charge in [0.2, 0.25) is 11.8 Å². The monoisotopic (exact) mass is 710 g/mol. The molecule has 1 aromatic heterocycles. The largest absolute Gasteiger partial charge is 0.378 e. The van der Waals surface area contributed by atoms with Crippen LogP contribution >= 0.6 is 0 Å². The summed E-state index contributed by atoms with van der Waals surface area (Å²) in [5, 5.41) is 18.8. The van der Waals surface area contributed by atoms with E-state index in [1.807, 2.05) is 115 Å². The van der Waals surface area contributed by atoms with Gasteiger partial charge in [0.15, 0.2) is 0 Å². The van der Waals surface area contributed by atoms with Crippen molar-refractivity contribution in [2.45, 2.75) is 84.1 Å². The number of hydrogen-bond donors (Lipinski definition) is 3. The molecule has 5 aromatic rings. The lowest BCUT2D eigenvalue weighted by atomic mass is 9.91. The van der Waals surface area contributed by atoms with Gasteiger partial charge in [-0.15, -0.1) is 5.10 Å². The fourth-order valence-electron chi connectivity index (χ4n) is 7.61. The maximum Gasteiger partial charge on any atom is 0.251 e. The molecule has 0 fully saturated rings. The van der Waals surface area contributed by atoms with Crippen LogP contribution in [0.25, 0.3) is 5.69 Å². The molecule has 4 atom stereocenters. The first-order chi connectivity index (χ1) is 25.7. The fourth-order valence-corrected chi connectivity index (χ4v) is 7.61. The first kappa shape index (κ1) is 35.4. The Morgan fingerprint density at radius 2 is 1.17 bits per heavy atom. The SMILES string of the molecule is CCC(=O)N1c2ccccc2[C@H](Nc2ccc(C(=O)NCc3cn(-c4ccc(N[C@@H]5C[C@H](C)N(C(=O)CC)c6ccccc65)cc4)nn3)cc2)C[C@@H]1C. The molecule has 0 saturated heterocycles. The Morgan fingerprint density at radius 1 is 0.679 bits per heavy atom. The second kappa shape index (κ2) is 15.3. The highest BCUT2D eigenvalue weighted by molar-refractivity contribution is 5.96. The molecular weight excluding hydrogens is 665 g/mol. The molecule has 3 N–H and O–H groups in total. The molecule has 2 aliphatic rings. The molecular formula is C42H46N8O3. The summed E-state index contributed by atoms with van der Waals surface area (Å²) < 4.78 is 1.69. The average Bonchev–Trinajstić information content (AvgIpc) is 3.66. The van der Waals surface area contributed by atoms with Crippen LogP contribution < -0.4 is 25.8 Å². The number of fused-ring (bicyclic) bond motifs is 2. The van der Waals surface area contributed by atoms with E-state index < -0.39 is 0 Å². The maximum atomic E-state index is 13.0. The predicted molar refractivity (Wildman–Crippen MR) is 208 cm³/mol. The van der Waals surface area contributed by atoms with Crippen molar-refractivity contribution >= 4 is 40.5 Å². The number of nitrogens with one attached hydrogen (secondary N) is 3. The Kier molecular flexibility index (Phi) is 10.2. The van der Waals surface area contributed by atoms with E-state index in [9.17, 15) is 14.4 Å². The van der Waals surface area contributed by atoms with Crippen molar-refractivity contribution in [1.29, 1.82) is 0 Å². The lowest BCUT2D eigenvalue weighted by Gasteiger charge is -2.40. The fraction of sp³-hybridized carbons (Fsp3) is 0.310. The number of hydrogen-bond acceptors (Lipinski definition) is 7. The average molecular weight is 711 g/mol. The summed E-state index contributed by atoms with van der Waals surface area (Å²) in [4.78, 5) is 42.3. The van der Waals surface area contributed by atoms with Crippen molar-refractivity contribution in [3.05, 3.63) is 126 Å². The minimum Gasteiger partial charge on any atom is -0.378 e. The van der Waals surface area contributed by atoms with E-state index in [0.717, 1.165) is 52.4 Å². The topological polar surface area (TPSA) is 124 Å². The third-order valence-electron chi connectivity index (χ3n) is 10.3. The Hall–Kier alpha value is -5.97. The number of nitrogens with zero attached hydrogens (tertiary/aromatic N) is 5. The van der Waals surface area contributed by atoms with Crippen molar-refractivity contribution in [2.24, 2.45) is 0 Å². The lowest BCUT2D eigenvalue weighted by Crippen LogP contribution is -2.44. The molecule has 53 heavy (non-hydrogen) atoms. The van der Waals surface area contributed by atoms with E-state index >= 15 is 0 Å². The van der Waals surface area contributed by atoms with E-state index in [0.29, 0.717) is 24.1 Å². The van der Waals surface area contributed by atoms with Gasteiger partial charge in [-0.2, -0.15) is 0 Å². The zero-order chi connectivity index (χ0) is 37.1. The number of benzene rings is 4. The van der Waals surface area contributed by atoms with Crippen LogP contribution in [0, 0.1) is 0 Å². The van der Waals surface area contributed by atoms with E-state index in [2.05, 4.69) is 52.2 Å². The summed E-state index contributed by atoms with van der Waals surface area (Å²) in [5.74, 6) is 0.0617. The molecule has 7 rings (SSSR count). The smallest absolute Gasteiger partial charge is 0.251 e. The number of rotatable bonds is 10. The Balaban J connectivity index is 0.940. The highest BCUT2D eigenvalue weighted by Crippen LogP contribution is 2.40. The van der Waals surface area contributed by atoms with Crippen molar-refractivity contribution in [2.75, 3.05) is 20.4 Å². The first-order valence-corrected chi connectivity index (χ1v) is 18.5. The number of carbonyl (C=O) groups is 3. The van der Waals surface area contributed by atoms with Gasteiger partial charge in [0.05, 0.1) is 30.5 Å². The molecule has 11 nitrogen and oxygen atoms in total. The van der Waals surface area contributed by atoms with Crippen LogP contribution in [0.15, 0.2) is 103 Å². The Morgan fingerprint density at radius 3 is 1.68 bits per heavy atom. The van der Waals surface area contributed by atoms with Gasteiger partial charge in [0.25, 0.3) is 5.91 Å². The number of para-hydroxylation sites is 2. The van der Waals surface area contributed by atoms with E-state index in [-0.39, 0.29) is 48.4 Å². The van der Waals surface area contributed by atoms with Crippen molar-refractivity contribution in [1.82, 2.24) is 20.3 Å². The van der Waals surface area contributed by atoms with Gasteiger partial charge in [0, 0.05) is 53.2 Å². The van der Waals surface area contributed by atoms with Gasteiger partial charge in [-0.25, -0.2) is 4.68 Å². The predicted octanol–water partition coefficient (Wildman–Crippen LogP) is 7.57. The number of anilines is 4. The summed E-state index contributed by atoms with van der Waals surface area (Å²) in [7, 11) is 0. The molecule has 4 aromatic carbocycles. The zero-order valence-corrected chi connectivity index (χ0v) is 30.6. The summed E-state index contributed by atoms with van der Waals surface area (Å²) >= 11 is 0. The van der Waals surface area contributed by atoms with Crippen LogP contribution in [0.2, 0.25) is 0 Å². The molecule has 11 heteroatoms. The molecule has 3 amide bonds. The minimum absolute atomic E-state index is 0.0416. The van der Waals surface area contributed by atoms with Gasteiger partial charge in [-0.3, -0.25) is 14.4 Å². The summed E-state index contributed by atoms with van der Waals surface area (Å²) in [6.07, 6.45) is 4.34. The van der Waals surface area contributed by atoms with Crippen molar-refractivity contribution < 1.29 is 14.4 Å². The van der Waals surface area contributed by atoms with Gasteiger partial charge < -0.3 is 25.8 Å². The number of carbonyl (C=O) groups excluding carboxylic acids is 3. The van der Waals surface area contributed by atoms with Gasteiger partial charge in [-0.1, -0.05) is 55.5 Å². The quantitative estimate of drug-likeness (QED) is 0.137. The van der Waals surface area contributed by atoms with E-state index in [1.165, 1.54) is 0 Å². The molecule has 272 valence electrons. The second-order valence-corrected chi connectivity index (χ2v) is 13.9. The van der Waals surface area contributed by atoms with Gasteiger partial charge >= 0.3 is 0 Å². The standard InChI is InChI=1S/C42H46N8O3/c1-5-40(51)49-27(3)23-36(34-11-7-9-13-38(34)49)44-30-17-15-29(16-18-30)42(53)43-25-32-26-48(47-46-32)33-21-19-31(20-22-33)45-37-24-28(4)50(41(52)6-2)39-14-10-8-12-35(37)39/h7-22,26-28,36-37,44-45H,5-6,23-25H2,1-4H3,(H,43,53)/t27-,28-,36+,37+/m0/s1. The van der Waals surface area contributed by atoms with Crippen LogP contribution in [-0.2, 0) is 16.1 Å². The molecule has 0 bridgehead atoms. The normalized spacial score (nSPS) is 19.2. The molecule has 0 aliphatic carbocycles. The van der Waals surface area contributed by atoms with Crippen molar-refractivity contribution in [3.63, 3.8) is 0 Å². The number of aromatic nitrogens is 3. The summed E-state index contributed by atoms with van der Waals surface area (Å²) in [6, 6.07) is 31.9. The molecule has 2 aliphatic heterocycles. The highest BCUT2D eigenvalue weighted by atomic mass is 16.2. The van der Waals surface area contributed by atoms with Crippen LogP contribution in [0.5, 0.6) is 0 Å². The van der Waals surface area contributed by atoms with Crippen molar-refractivity contribution in [3.8, 4) is 5.69 Å². The molecule has 0 saturated carbocycles. The Bertz CT molecular complexity index is 2090. The molecule has 0 radical (unpaired) electrons.